The molecule has 1 N–H and O–H groups in total. The van der Waals surface area contributed by atoms with E-state index in [0.29, 0.717) is 25.4 Å². The lowest BCUT2D eigenvalue weighted by molar-refractivity contribution is -0.0372. The summed E-state index contributed by atoms with van der Waals surface area (Å²) in [6.45, 7) is 11.5. The molecule has 1 saturated heterocycles. The minimum atomic E-state index is 0.325. The van der Waals surface area contributed by atoms with Gasteiger partial charge in [0.1, 0.15) is 0 Å². The molecule has 1 aliphatic rings. The van der Waals surface area contributed by atoms with Crippen LogP contribution < -0.4 is 5.32 Å². The Kier molecular flexibility index (Phi) is 9.38. The van der Waals surface area contributed by atoms with Crippen LogP contribution in [-0.2, 0) is 14.2 Å². The molecule has 1 aliphatic heterocycles. The van der Waals surface area contributed by atoms with Gasteiger partial charge in [0.15, 0.2) is 0 Å². The molecule has 5 nitrogen and oxygen atoms in total. The molecule has 0 aromatic carbocycles. The molecule has 19 heavy (non-hydrogen) atoms. The van der Waals surface area contributed by atoms with E-state index in [1.165, 1.54) is 0 Å². The zero-order valence-electron chi connectivity index (χ0n) is 12.7. The van der Waals surface area contributed by atoms with Crippen molar-refractivity contribution in [1.29, 1.82) is 0 Å². The van der Waals surface area contributed by atoms with E-state index in [-0.39, 0.29) is 0 Å². The third-order valence-corrected chi connectivity index (χ3v) is 3.35. The maximum atomic E-state index is 5.77. The summed E-state index contributed by atoms with van der Waals surface area (Å²) in [4.78, 5) is 2.48. The molecule has 5 heteroatoms. The molecule has 0 spiro atoms. The Morgan fingerprint density at radius 1 is 1.32 bits per heavy atom. The fourth-order valence-corrected chi connectivity index (χ4v) is 2.14. The van der Waals surface area contributed by atoms with Gasteiger partial charge in [-0.1, -0.05) is 0 Å². The van der Waals surface area contributed by atoms with Gasteiger partial charge in [-0.3, -0.25) is 4.90 Å². The van der Waals surface area contributed by atoms with Gasteiger partial charge < -0.3 is 19.5 Å². The molecule has 1 fully saturated rings. The summed E-state index contributed by atoms with van der Waals surface area (Å²) in [6.07, 6.45) is 1.36. The van der Waals surface area contributed by atoms with Crippen LogP contribution in [-0.4, -0.2) is 76.8 Å². The lowest BCUT2D eigenvalue weighted by atomic mass is 10.2. The molecule has 0 aliphatic carbocycles. The van der Waals surface area contributed by atoms with Crippen LogP contribution in [0, 0.1) is 0 Å². The molecule has 0 aromatic heterocycles. The summed E-state index contributed by atoms with van der Waals surface area (Å²) in [7, 11) is 1.69. The van der Waals surface area contributed by atoms with Crippen molar-refractivity contribution in [1.82, 2.24) is 10.2 Å². The van der Waals surface area contributed by atoms with E-state index in [2.05, 4.69) is 24.1 Å². The third kappa shape index (κ3) is 7.84. The van der Waals surface area contributed by atoms with Crippen LogP contribution in [0.3, 0.4) is 0 Å². The molecule has 1 atom stereocenters. The predicted octanol–water partition coefficient (Wildman–Crippen LogP) is 0.738. The van der Waals surface area contributed by atoms with Crippen LogP contribution in [0.25, 0.3) is 0 Å². The molecule has 0 amide bonds. The predicted molar refractivity (Wildman–Crippen MR) is 76.6 cm³/mol. The number of methoxy groups -OCH3 is 1. The minimum absolute atomic E-state index is 0.325. The standard InChI is InChI=1S/C14H30N2O3/c1-13(2)16-6-8-19-14(12-16)11-15-5-4-7-18-10-9-17-3/h13-15H,4-12H2,1-3H3. The number of morpholine rings is 1. The van der Waals surface area contributed by atoms with Crippen LogP contribution in [0.2, 0.25) is 0 Å². The second kappa shape index (κ2) is 10.6. The maximum Gasteiger partial charge on any atom is 0.0826 e. The van der Waals surface area contributed by atoms with Gasteiger partial charge in [0.2, 0.25) is 0 Å². The smallest absolute Gasteiger partial charge is 0.0826 e. The number of nitrogens with zero attached hydrogens (tertiary/aromatic N) is 1. The summed E-state index contributed by atoms with van der Waals surface area (Å²) >= 11 is 0. The van der Waals surface area contributed by atoms with Crippen molar-refractivity contribution in [3.8, 4) is 0 Å². The number of hydrogen-bond donors (Lipinski definition) is 1. The maximum absolute atomic E-state index is 5.77. The van der Waals surface area contributed by atoms with E-state index < -0.39 is 0 Å². The van der Waals surface area contributed by atoms with Gasteiger partial charge in [-0.15, -0.1) is 0 Å². The highest BCUT2D eigenvalue weighted by atomic mass is 16.5. The summed E-state index contributed by atoms with van der Waals surface area (Å²) in [5.41, 5.74) is 0. The topological polar surface area (TPSA) is 43.0 Å². The van der Waals surface area contributed by atoms with Crippen molar-refractivity contribution in [3.05, 3.63) is 0 Å². The molecule has 1 heterocycles. The van der Waals surface area contributed by atoms with Crippen molar-refractivity contribution in [3.63, 3.8) is 0 Å². The fourth-order valence-electron chi connectivity index (χ4n) is 2.14. The highest BCUT2D eigenvalue weighted by Gasteiger charge is 2.21. The van der Waals surface area contributed by atoms with Crippen molar-refractivity contribution >= 4 is 0 Å². The Balaban J connectivity index is 1.94. The van der Waals surface area contributed by atoms with Crippen molar-refractivity contribution < 1.29 is 14.2 Å². The number of hydrogen-bond acceptors (Lipinski definition) is 5. The molecular formula is C14H30N2O3. The van der Waals surface area contributed by atoms with E-state index in [1.807, 2.05) is 0 Å². The second-order valence-electron chi connectivity index (χ2n) is 5.24. The zero-order chi connectivity index (χ0) is 13.9. The first kappa shape index (κ1) is 16.9. The van der Waals surface area contributed by atoms with Gasteiger partial charge >= 0.3 is 0 Å². The highest BCUT2D eigenvalue weighted by Crippen LogP contribution is 2.07. The van der Waals surface area contributed by atoms with Crippen molar-refractivity contribution in [2.24, 2.45) is 0 Å². The van der Waals surface area contributed by atoms with Gasteiger partial charge in [-0.25, -0.2) is 0 Å². The first-order valence-electron chi connectivity index (χ1n) is 7.37. The Morgan fingerprint density at radius 3 is 2.89 bits per heavy atom. The van der Waals surface area contributed by atoms with Crippen LogP contribution >= 0.6 is 0 Å². The molecule has 0 bridgehead atoms. The minimum Gasteiger partial charge on any atom is -0.382 e. The Labute approximate surface area is 117 Å². The molecule has 1 rings (SSSR count). The Morgan fingerprint density at radius 2 is 2.16 bits per heavy atom. The number of rotatable bonds is 10. The number of nitrogens with one attached hydrogen (secondary N) is 1. The third-order valence-electron chi connectivity index (χ3n) is 3.35. The summed E-state index contributed by atoms with van der Waals surface area (Å²) in [5.74, 6) is 0. The van der Waals surface area contributed by atoms with E-state index in [9.17, 15) is 0 Å². The quantitative estimate of drug-likeness (QED) is 0.595. The summed E-state index contributed by atoms with van der Waals surface area (Å²) < 4.78 is 16.1. The van der Waals surface area contributed by atoms with Gasteiger partial charge in [0.25, 0.3) is 0 Å². The molecule has 0 radical (unpaired) electrons. The zero-order valence-corrected chi connectivity index (χ0v) is 12.7. The SMILES string of the molecule is COCCOCCCNCC1CN(C(C)C)CCO1. The van der Waals surface area contributed by atoms with Crippen molar-refractivity contribution in [2.75, 3.05) is 59.7 Å². The van der Waals surface area contributed by atoms with E-state index >= 15 is 0 Å². The van der Waals surface area contributed by atoms with Gasteiger partial charge in [-0.05, 0) is 26.8 Å². The normalized spacial score (nSPS) is 21.2. The van der Waals surface area contributed by atoms with Gasteiger partial charge in [0.05, 0.1) is 25.9 Å². The monoisotopic (exact) mass is 274 g/mol. The van der Waals surface area contributed by atoms with Crippen molar-refractivity contribution in [2.45, 2.75) is 32.4 Å². The molecule has 0 saturated carbocycles. The second-order valence-corrected chi connectivity index (χ2v) is 5.24. The van der Waals surface area contributed by atoms with E-state index in [1.54, 1.807) is 7.11 Å². The molecule has 114 valence electrons. The summed E-state index contributed by atoms with van der Waals surface area (Å²) in [6, 6.07) is 0.612. The highest BCUT2D eigenvalue weighted by molar-refractivity contribution is 4.75. The average molecular weight is 274 g/mol. The van der Waals surface area contributed by atoms with Crippen LogP contribution in [0.5, 0.6) is 0 Å². The number of ether oxygens (including phenoxy) is 3. The lowest BCUT2D eigenvalue weighted by Gasteiger charge is -2.35. The van der Waals surface area contributed by atoms with Gasteiger partial charge in [0, 0.05) is 39.4 Å². The summed E-state index contributed by atoms with van der Waals surface area (Å²) in [5, 5.41) is 3.44. The Bertz CT molecular complexity index is 215. The van der Waals surface area contributed by atoms with Gasteiger partial charge in [-0.2, -0.15) is 0 Å². The van der Waals surface area contributed by atoms with Crippen LogP contribution in [0.15, 0.2) is 0 Å². The average Bonchev–Trinajstić information content (AvgIpc) is 2.42. The lowest BCUT2D eigenvalue weighted by Crippen LogP contribution is -2.49. The Hall–Kier alpha value is -0.200. The molecule has 0 aromatic rings. The van der Waals surface area contributed by atoms with E-state index in [4.69, 9.17) is 14.2 Å². The fraction of sp³-hybridized carbons (Fsp3) is 1.00. The molecular weight excluding hydrogens is 244 g/mol. The molecule has 1 unspecified atom stereocenters. The van der Waals surface area contributed by atoms with E-state index in [0.717, 1.165) is 45.8 Å². The largest absolute Gasteiger partial charge is 0.382 e. The van der Waals surface area contributed by atoms with Crippen LogP contribution in [0.1, 0.15) is 20.3 Å². The van der Waals surface area contributed by atoms with Crippen LogP contribution in [0.4, 0.5) is 0 Å². The first-order chi connectivity index (χ1) is 9.24. The first-order valence-corrected chi connectivity index (χ1v) is 7.37.